The Hall–Kier alpha value is -0.970. The predicted molar refractivity (Wildman–Crippen MR) is 79.0 cm³/mol. The van der Waals surface area contributed by atoms with Crippen LogP contribution in [0, 0.1) is 0 Å². The van der Waals surface area contributed by atoms with E-state index in [9.17, 15) is 4.79 Å². The minimum absolute atomic E-state index is 0.189. The van der Waals surface area contributed by atoms with E-state index in [1.807, 2.05) is 0 Å². The molecule has 2 N–H and O–H groups in total. The van der Waals surface area contributed by atoms with E-state index in [2.05, 4.69) is 5.32 Å². The smallest absolute Gasteiger partial charge is 0.321 e. The molecule has 0 aliphatic rings. The second kappa shape index (κ2) is 8.25. The van der Waals surface area contributed by atoms with Crippen molar-refractivity contribution in [1.82, 2.24) is 4.90 Å². The largest absolute Gasteiger partial charge is 0.396 e. The van der Waals surface area contributed by atoms with Gasteiger partial charge in [0, 0.05) is 25.2 Å². The summed E-state index contributed by atoms with van der Waals surface area (Å²) in [4.78, 5) is 13.5. The van der Waals surface area contributed by atoms with Crippen LogP contribution >= 0.6 is 23.2 Å². The Morgan fingerprint density at radius 1 is 1.32 bits per heavy atom. The highest BCUT2D eigenvalue weighted by atomic mass is 35.5. The van der Waals surface area contributed by atoms with E-state index in [0.717, 1.165) is 19.3 Å². The van der Waals surface area contributed by atoms with Crippen molar-refractivity contribution in [3.8, 4) is 0 Å². The van der Waals surface area contributed by atoms with E-state index in [4.69, 9.17) is 28.3 Å². The Morgan fingerprint density at radius 2 is 2.05 bits per heavy atom. The van der Waals surface area contributed by atoms with Gasteiger partial charge in [0.1, 0.15) is 0 Å². The number of carbonyl (C=O) groups excluding carboxylic acids is 1. The average molecular weight is 305 g/mol. The molecule has 0 unspecified atom stereocenters. The van der Waals surface area contributed by atoms with Crippen molar-refractivity contribution in [2.45, 2.75) is 19.3 Å². The minimum Gasteiger partial charge on any atom is -0.396 e. The van der Waals surface area contributed by atoms with Gasteiger partial charge in [-0.05, 0) is 37.5 Å². The lowest BCUT2D eigenvalue weighted by Gasteiger charge is -2.18. The fraction of sp³-hybridized carbons (Fsp3) is 0.462. The highest BCUT2D eigenvalue weighted by Gasteiger charge is 2.10. The van der Waals surface area contributed by atoms with Gasteiger partial charge in [-0.15, -0.1) is 0 Å². The molecule has 1 aromatic rings. The van der Waals surface area contributed by atoms with Gasteiger partial charge in [0.15, 0.2) is 0 Å². The summed E-state index contributed by atoms with van der Waals surface area (Å²) in [5, 5.41) is 12.4. The molecule has 0 saturated heterocycles. The maximum absolute atomic E-state index is 11.9. The van der Waals surface area contributed by atoms with E-state index in [1.165, 1.54) is 0 Å². The van der Waals surface area contributed by atoms with Gasteiger partial charge < -0.3 is 15.3 Å². The monoisotopic (exact) mass is 304 g/mol. The molecular formula is C13H18Cl2N2O2. The number of hydrogen-bond acceptors (Lipinski definition) is 2. The maximum atomic E-state index is 11.9. The molecule has 0 fully saturated rings. The molecule has 0 aromatic heterocycles. The number of nitrogens with one attached hydrogen (secondary N) is 1. The number of anilines is 1. The Morgan fingerprint density at radius 3 is 2.74 bits per heavy atom. The molecule has 0 radical (unpaired) electrons. The summed E-state index contributed by atoms with van der Waals surface area (Å²) in [6.45, 7) is 0.818. The summed E-state index contributed by atoms with van der Waals surface area (Å²) in [6, 6.07) is 4.69. The predicted octanol–water partition coefficient (Wildman–Crippen LogP) is 3.62. The van der Waals surface area contributed by atoms with Gasteiger partial charge in [0.25, 0.3) is 0 Å². The molecule has 0 saturated carbocycles. The van der Waals surface area contributed by atoms with E-state index in [-0.39, 0.29) is 12.6 Å². The molecule has 6 heteroatoms. The van der Waals surface area contributed by atoms with Crippen molar-refractivity contribution in [2.75, 3.05) is 25.5 Å². The zero-order chi connectivity index (χ0) is 14.3. The SMILES string of the molecule is CN(CCCCCO)C(=O)Nc1cc(Cl)ccc1Cl. The van der Waals surface area contributed by atoms with Crippen molar-refractivity contribution in [3.63, 3.8) is 0 Å². The number of aliphatic hydroxyl groups excluding tert-OH is 1. The van der Waals surface area contributed by atoms with Gasteiger partial charge in [-0.3, -0.25) is 0 Å². The molecular weight excluding hydrogens is 287 g/mol. The summed E-state index contributed by atoms with van der Waals surface area (Å²) in [5.74, 6) is 0. The lowest BCUT2D eigenvalue weighted by Crippen LogP contribution is -2.32. The van der Waals surface area contributed by atoms with E-state index in [1.54, 1.807) is 30.1 Å². The lowest BCUT2D eigenvalue weighted by molar-refractivity contribution is 0.220. The van der Waals surface area contributed by atoms with Crippen LogP contribution in [-0.2, 0) is 0 Å². The number of amides is 2. The van der Waals surface area contributed by atoms with E-state index in [0.29, 0.717) is 22.3 Å². The Kier molecular flexibility index (Phi) is 6.99. The zero-order valence-electron chi connectivity index (χ0n) is 10.8. The van der Waals surface area contributed by atoms with Crippen molar-refractivity contribution in [3.05, 3.63) is 28.2 Å². The quantitative estimate of drug-likeness (QED) is 0.789. The molecule has 0 heterocycles. The normalized spacial score (nSPS) is 10.3. The van der Waals surface area contributed by atoms with Gasteiger partial charge in [-0.2, -0.15) is 0 Å². The molecule has 0 atom stereocenters. The topological polar surface area (TPSA) is 52.6 Å². The number of benzene rings is 1. The van der Waals surface area contributed by atoms with Crippen LogP contribution in [0.3, 0.4) is 0 Å². The summed E-state index contributed by atoms with van der Waals surface area (Å²) in [5.41, 5.74) is 0.501. The van der Waals surface area contributed by atoms with Crippen molar-refractivity contribution in [2.24, 2.45) is 0 Å². The second-order valence-corrected chi connectivity index (χ2v) is 5.10. The highest BCUT2D eigenvalue weighted by Crippen LogP contribution is 2.25. The fourth-order valence-corrected chi connectivity index (χ4v) is 1.88. The zero-order valence-corrected chi connectivity index (χ0v) is 12.3. The number of hydrogen-bond donors (Lipinski definition) is 2. The molecule has 19 heavy (non-hydrogen) atoms. The molecule has 0 bridgehead atoms. The number of aliphatic hydroxyl groups is 1. The minimum atomic E-state index is -0.229. The lowest BCUT2D eigenvalue weighted by atomic mass is 10.2. The molecule has 106 valence electrons. The molecule has 0 spiro atoms. The van der Waals surface area contributed by atoms with Crippen LogP contribution in [-0.4, -0.2) is 36.2 Å². The molecule has 2 amide bonds. The first-order valence-electron chi connectivity index (χ1n) is 6.12. The van der Waals surface area contributed by atoms with Gasteiger partial charge in [-0.1, -0.05) is 23.2 Å². The summed E-state index contributed by atoms with van der Waals surface area (Å²) < 4.78 is 0. The van der Waals surface area contributed by atoms with Crippen LogP contribution in [0.5, 0.6) is 0 Å². The van der Waals surface area contributed by atoms with Gasteiger partial charge >= 0.3 is 6.03 Å². The number of halogens is 2. The third-order valence-corrected chi connectivity index (χ3v) is 3.23. The first-order chi connectivity index (χ1) is 9.04. The van der Waals surface area contributed by atoms with Crippen LogP contribution in [0.1, 0.15) is 19.3 Å². The number of rotatable bonds is 6. The molecule has 4 nitrogen and oxygen atoms in total. The second-order valence-electron chi connectivity index (χ2n) is 4.26. The van der Waals surface area contributed by atoms with Crippen molar-refractivity contribution >= 4 is 34.9 Å². The number of nitrogens with zero attached hydrogens (tertiary/aromatic N) is 1. The standard InChI is InChI=1S/C13H18Cl2N2O2/c1-17(7-3-2-4-8-18)13(19)16-12-9-10(14)5-6-11(12)15/h5-6,9,18H,2-4,7-8H2,1H3,(H,16,19). The Balaban J connectivity index is 2.47. The van der Waals surface area contributed by atoms with Crippen LogP contribution in [0.2, 0.25) is 10.0 Å². The Labute approximate surface area is 123 Å². The molecule has 1 aromatic carbocycles. The Bertz CT molecular complexity index is 427. The van der Waals surface area contributed by atoms with Gasteiger partial charge in [0.05, 0.1) is 10.7 Å². The van der Waals surface area contributed by atoms with Crippen LogP contribution in [0.4, 0.5) is 10.5 Å². The summed E-state index contributed by atoms with van der Waals surface area (Å²) in [6.07, 6.45) is 2.51. The molecule has 0 aliphatic heterocycles. The highest BCUT2D eigenvalue weighted by molar-refractivity contribution is 6.35. The average Bonchev–Trinajstić information content (AvgIpc) is 2.38. The van der Waals surface area contributed by atoms with Gasteiger partial charge in [-0.25, -0.2) is 4.79 Å². The first-order valence-corrected chi connectivity index (χ1v) is 6.88. The number of unbranched alkanes of at least 4 members (excludes halogenated alkanes) is 2. The van der Waals surface area contributed by atoms with E-state index >= 15 is 0 Å². The summed E-state index contributed by atoms with van der Waals surface area (Å²) >= 11 is 11.8. The van der Waals surface area contributed by atoms with Crippen LogP contribution < -0.4 is 5.32 Å². The van der Waals surface area contributed by atoms with Crippen LogP contribution in [0.15, 0.2) is 18.2 Å². The molecule has 1 rings (SSSR count). The van der Waals surface area contributed by atoms with Crippen molar-refractivity contribution < 1.29 is 9.90 Å². The van der Waals surface area contributed by atoms with Gasteiger partial charge in [0.2, 0.25) is 0 Å². The van der Waals surface area contributed by atoms with E-state index < -0.39 is 0 Å². The number of carbonyl (C=O) groups is 1. The maximum Gasteiger partial charge on any atom is 0.321 e. The number of urea groups is 1. The molecule has 0 aliphatic carbocycles. The van der Waals surface area contributed by atoms with Crippen molar-refractivity contribution in [1.29, 1.82) is 0 Å². The fourth-order valence-electron chi connectivity index (χ4n) is 1.54. The first kappa shape index (κ1) is 16.1. The van der Waals surface area contributed by atoms with Crippen LogP contribution in [0.25, 0.3) is 0 Å². The third-order valence-electron chi connectivity index (χ3n) is 2.67. The summed E-state index contributed by atoms with van der Waals surface area (Å²) in [7, 11) is 1.72. The third kappa shape index (κ3) is 5.68.